The second-order valence-corrected chi connectivity index (χ2v) is 14.5. The molecule has 3 heterocycles. The summed E-state index contributed by atoms with van der Waals surface area (Å²) in [4.78, 5) is 53.6. The Bertz CT molecular complexity index is 2040. The van der Waals surface area contributed by atoms with Crippen LogP contribution in [0.1, 0.15) is 94.8 Å². The number of amides is 4. The number of carbonyl (C=O) groups excluding carboxylic acids is 4. The number of rotatable bonds is 14. The summed E-state index contributed by atoms with van der Waals surface area (Å²) in [5.41, 5.74) is 7.41. The Labute approximate surface area is 316 Å². The van der Waals surface area contributed by atoms with Gasteiger partial charge in [0, 0.05) is 19.5 Å². The number of piperidine rings is 1. The molecule has 9 heteroatoms. The molecule has 3 aliphatic rings. The zero-order valence-corrected chi connectivity index (χ0v) is 30.8. The van der Waals surface area contributed by atoms with Crippen LogP contribution in [0.15, 0.2) is 97.1 Å². The fourth-order valence-corrected chi connectivity index (χ4v) is 8.11. The highest BCUT2D eigenvalue weighted by molar-refractivity contribution is 6.23. The van der Waals surface area contributed by atoms with Crippen LogP contribution in [0.3, 0.4) is 0 Å². The third kappa shape index (κ3) is 8.16. The molecule has 0 saturated carbocycles. The van der Waals surface area contributed by atoms with Gasteiger partial charge in [-0.2, -0.15) is 0 Å². The van der Waals surface area contributed by atoms with E-state index in [2.05, 4.69) is 53.5 Å². The molecule has 0 bridgehead atoms. The first-order chi connectivity index (χ1) is 26.3. The van der Waals surface area contributed by atoms with Gasteiger partial charge in [0.1, 0.15) is 24.1 Å². The average Bonchev–Trinajstić information content (AvgIpc) is 3.74. The lowest BCUT2D eigenvalue weighted by molar-refractivity contribution is -0.136. The number of benzene rings is 4. The van der Waals surface area contributed by atoms with E-state index in [1.807, 2.05) is 36.4 Å². The van der Waals surface area contributed by atoms with Gasteiger partial charge >= 0.3 is 0 Å². The molecule has 2 unspecified atom stereocenters. The number of phenols is 1. The topological polar surface area (TPSA) is 116 Å². The summed E-state index contributed by atoms with van der Waals surface area (Å²) < 4.78 is 6.20. The summed E-state index contributed by atoms with van der Waals surface area (Å²) in [6.45, 7) is 5.81. The van der Waals surface area contributed by atoms with Crippen molar-refractivity contribution in [2.45, 2.75) is 64.3 Å². The van der Waals surface area contributed by atoms with Crippen LogP contribution in [0.2, 0.25) is 0 Å². The van der Waals surface area contributed by atoms with Gasteiger partial charge in [-0.1, -0.05) is 74.0 Å². The van der Waals surface area contributed by atoms with E-state index in [1.165, 1.54) is 17.6 Å². The molecule has 4 amide bonds. The summed E-state index contributed by atoms with van der Waals surface area (Å²) in [5.74, 6) is -0.162. The second-order valence-electron chi connectivity index (χ2n) is 14.5. The molecule has 3 aliphatic heterocycles. The summed E-state index contributed by atoms with van der Waals surface area (Å²) >= 11 is 0. The number of fused-ring (bicyclic) bond motifs is 1. The van der Waals surface area contributed by atoms with Crippen molar-refractivity contribution in [3.8, 4) is 11.5 Å². The molecule has 0 aromatic heterocycles. The van der Waals surface area contributed by atoms with Crippen molar-refractivity contribution in [3.63, 3.8) is 0 Å². The number of nitrogens with one attached hydrogen (secondary N) is 1. The summed E-state index contributed by atoms with van der Waals surface area (Å²) in [6.07, 6.45) is 6.33. The van der Waals surface area contributed by atoms with E-state index in [4.69, 9.17) is 4.74 Å². The standard InChI is InChI=1S/C45H47N3O6/c1-2-37(32-10-4-3-5-11-32)42(33-13-17-35(49)18-14-33)34-15-19-36(20-16-34)54-27-26-47-25-24-31(29-47)9-7-6-8-30-12-21-38-39(28-30)45(53)48(44(38)52)40-22-23-41(50)46-43(40)51/h3-5,10-21,28,31,40,49H,2,6-9,22-27,29H2,1H3,(H,46,50,51). The molecule has 0 radical (unpaired) electrons. The van der Waals surface area contributed by atoms with E-state index in [-0.39, 0.29) is 24.5 Å². The van der Waals surface area contributed by atoms with Gasteiger partial charge in [0.25, 0.3) is 11.8 Å². The number of hydrogen-bond donors (Lipinski definition) is 2. The molecule has 0 aliphatic carbocycles. The summed E-state index contributed by atoms with van der Waals surface area (Å²) in [7, 11) is 0. The highest BCUT2D eigenvalue weighted by Crippen LogP contribution is 2.36. The van der Waals surface area contributed by atoms with E-state index < -0.39 is 23.8 Å². The van der Waals surface area contributed by atoms with Crippen LogP contribution in [-0.2, 0) is 16.0 Å². The maximum absolute atomic E-state index is 13.2. The first kappa shape index (κ1) is 36.8. The summed E-state index contributed by atoms with van der Waals surface area (Å²) in [5, 5.41) is 12.2. The molecule has 4 aromatic carbocycles. The van der Waals surface area contributed by atoms with Crippen LogP contribution in [0.25, 0.3) is 11.1 Å². The molecule has 9 nitrogen and oxygen atoms in total. The smallest absolute Gasteiger partial charge is 0.262 e. The van der Waals surface area contributed by atoms with Crippen molar-refractivity contribution in [1.82, 2.24) is 15.1 Å². The number of aromatic hydroxyl groups is 1. The predicted octanol–water partition coefficient (Wildman–Crippen LogP) is 7.28. The fraction of sp³-hybridized carbons (Fsp3) is 0.333. The largest absolute Gasteiger partial charge is 0.508 e. The number of ether oxygens (including phenoxy) is 1. The highest BCUT2D eigenvalue weighted by atomic mass is 16.5. The van der Waals surface area contributed by atoms with Crippen LogP contribution in [0.4, 0.5) is 0 Å². The normalized spacial score (nSPS) is 19.2. The molecule has 2 atom stereocenters. The van der Waals surface area contributed by atoms with E-state index in [9.17, 15) is 24.3 Å². The van der Waals surface area contributed by atoms with Gasteiger partial charge in [-0.15, -0.1) is 0 Å². The molecule has 2 fully saturated rings. The number of carbonyl (C=O) groups is 4. The number of aryl methyl sites for hydroxylation is 1. The van der Waals surface area contributed by atoms with Gasteiger partial charge in [-0.25, -0.2) is 0 Å². The van der Waals surface area contributed by atoms with Crippen LogP contribution in [0.5, 0.6) is 11.5 Å². The monoisotopic (exact) mass is 725 g/mol. The molecule has 2 N–H and O–H groups in total. The lowest BCUT2D eigenvalue weighted by Gasteiger charge is -2.27. The molecule has 4 aromatic rings. The maximum Gasteiger partial charge on any atom is 0.262 e. The number of allylic oxidation sites excluding steroid dienone is 1. The van der Waals surface area contributed by atoms with E-state index in [0.29, 0.717) is 23.7 Å². The van der Waals surface area contributed by atoms with Crippen molar-refractivity contribution in [2.24, 2.45) is 5.92 Å². The third-order valence-corrected chi connectivity index (χ3v) is 11.0. The number of phenolic OH excluding ortho intramolecular Hbond substituents is 1. The highest BCUT2D eigenvalue weighted by Gasteiger charge is 2.44. The van der Waals surface area contributed by atoms with Crippen LogP contribution in [-0.4, -0.2) is 70.8 Å². The Kier molecular flexibility index (Phi) is 11.3. The Morgan fingerprint density at radius 2 is 1.54 bits per heavy atom. The minimum absolute atomic E-state index is 0.107. The first-order valence-corrected chi connectivity index (χ1v) is 19.2. The van der Waals surface area contributed by atoms with Gasteiger partial charge < -0.3 is 9.84 Å². The van der Waals surface area contributed by atoms with Crippen molar-refractivity contribution in [3.05, 3.63) is 130 Å². The molecule has 7 rings (SSSR count). The van der Waals surface area contributed by atoms with E-state index >= 15 is 0 Å². The minimum atomic E-state index is -0.948. The number of imide groups is 2. The number of hydrogen-bond acceptors (Lipinski definition) is 7. The van der Waals surface area contributed by atoms with Crippen molar-refractivity contribution < 1.29 is 29.0 Å². The molecular weight excluding hydrogens is 679 g/mol. The minimum Gasteiger partial charge on any atom is -0.508 e. The Hall–Kier alpha value is -5.54. The fourth-order valence-electron chi connectivity index (χ4n) is 8.11. The molecular formula is C45H47N3O6. The SMILES string of the molecule is CCC(=C(c1ccc(O)cc1)c1ccc(OCCN2CCC(CCCCc3ccc4c(c3)C(=O)N(C3CCC(=O)NC3=O)C4=O)C2)cc1)c1ccccc1. The van der Waals surface area contributed by atoms with Gasteiger partial charge in [-0.3, -0.25) is 34.3 Å². The van der Waals surface area contributed by atoms with Crippen molar-refractivity contribution in [2.75, 3.05) is 26.2 Å². The zero-order valence-electron chi connectivity index (χ0n) is 30.8. The van der Waals surface area contributed by atoms with Gasteiger partial charge in [-0.05, 0) is 121 Å². The average molecular weight is 726 g/mol. The van der Waals surface area contributed by atoms with Gasteiger partial charge in [0.2, 0.25) is 11.8 Å². The zero-order chi connectivity index (χ0) is 37.6. The number of likely N-dealkylation sites (tertiary alicyclic amines) is 1. The molecule has 2 saturated heterocycles. The molecule has 278 valence electrons. The lowest BCUT2D eigenvalue weighted by atomic mass is 9.88. The first-order valence-electron chi connectivity index (χ1n) is 19.2. The van der Waals surface area contributed by atoms with Crippen molar-refractivity contribution in [1.29, 1.82) is 0 Å². The Balaban J connectivity index is 0.865. The maximum atomic E-state index is 13.2. The lowest BCUT2D eigenvalue weighted by Crippen LogP contribution is -2.54. The number of unbranched alkanes of at least 4 members (excludes halogenated alkanes) is 1. The third-order valence-electron chi connectivity index (χ3n) is 11.0. The van der Waals surface area contributed by atoms with Crippen LogP contribution < -0.4 is 10.1 Å². The Morgan fingerprint density at radius 3 is 2.26 bits per heavy atom. The van der Waals surface area contributed by atoms with Crippen LogP contribution >= 0.6 is 0 Å². The van der Waals surface area contributed by atoms with Gasteiger partial charge in [0.15, 0.2) is 0 Å². The van der Waals surface area contributed by atoms with Gasteiger partial charge in [0.05, 0.1) is 11.1 Å². The molecule has 0 spiro atoms. The second kappa shape index (κ2) is 16.6. The van der Waals surface area contributed by atoms with E-state index in [0.717, 1.165) is 84.7 Å². The molecule has 54 heavy (non-hydrogen) atoms. The van der Waals surface area contributed by atoms with Crippen molar-refractivity contribution >= 4 is 34.8 Å². The van der Waals surface area contributed by atoms with Crippen LogP contribution in [0, 0.1) is 5.92 Å². The number of nitrogens with zero attached hydrogens (tertiary/aromatic N) is 2. The summed E-state index contributed by atoms with van der Waals surface area (Å²) in [6, 6.07) is 30.7. The quantitative estimate of drug-likeness (QED) is 0.0798. The predicted molar refractivity (Wildman–Crippen MR) is 208 cm³/mol. The Morgan fingerprint density at radius 1 is 0.815 bits per heavy atom. The van der Waals surface area contributed by atoms with E-state index in [1.54, 1.807) is 24.3 Å².